The number of unbranched alkanes of at least 4 members (excludes halogenated alkanes) is 1. The van der Waals surface area contributed by atoms with Gasteiger partial charge >= 0.3 is 11.8 Å². The summed E-state index contributed by atoms with van der Waals surface area (Å²) < 4.78 is 5.60. The van der Waals surface area contributed by atoms with Crippen LogP contribution in [0.4, 0.5) is 11.4 Å². The van der Waals surface area contributed by atoms with Gasteiger partial charge in [0.05, 0.1) is 24.1 Å². The van der Waals surface area contributed by atoms with Crippen molar-refractivity contribution < 1.29 is 19.1 Å². The molecule has 0 heterocycles. The van der Waals surface area contributed by atoms with Gasteiger partial charge in [0.25, 0.3) is 5.91 Å². The first-order valence-electron chi connectivity index (χ1n) is 10.9. The maximum atomic E-state index is 12.6. The normalized spacial score (nSPS) is 10.5. The number of hydrogen-bond donors (Lipinski definition) is 3. The third-order valence-corrected chi connectivity index (χ3v) is 4.68. The third kappa shape index (κ3) is 7.30. The number of hydrogen-bond acceptors (Lipinski definition) is 5. The highest BCUT2D eigenvalue weighted by Crippen LogP contribution is 2.17. The molecule has 3 amide bonds. The van der Waals surface area contributed by atoms with E-state index in [0.717, 1.165) is 24.2 Å². The number of nitrogens with zero attached hydrogens (tertiary/aromatic N) is 1. The van der Waals surface area contributed by atoms with E-state index in [1.165, 1.54) is 6.21 Å². The standard InChI is InChI=1S/C26H26N4O4/c1-2-3-17-34-21-15-13-19(14-16-21)18-27-30-26(33)25(32)29-23-12-8-7-11-22(23)24(31)28-20-9-5-4-6-10-20/h4-16,18H,2-3,17H2,1H3,(H,28,31)(H,29,32)(H,30,33)/b27-18-. The molecule has 3 N–H and O–H groups in total. The average molecular weight is 459 g/mol. The van der Waals surface area contributed by atoms with Gasteiger partial charge in [0.15, 0.2) is 0 Å². The molecule has 34 heavy (non-hydrogen) atoms. The number of hydrazone groups is 1. The molecule has 0 fully saturated rings. The molecule has 3 aromatic carbocycles. The van der Waals surface area contributed by atoms with Crippen LogP contribution in [-0.2, 0) is 9.59 Å². The van der Waals surface area contributed by atoms with Gasteiger partial charge < -0.3 is 15.4 Å². The van der Waals surface area contributed by atoms with Crippen LogP contribution in [0.5, 0.6) is 5.75 Å². The lowest BCUT2D eigenvalue weighted by molar-refractivity contribution is -0.136. The number of carbonyl (C=O) groups is 3. The minimum absolute atomic E-state index is 0.207. The van der Waals surface area contributed by atoms with Gasteiger partial charge in [0.2, 0.25) is 0 Å². The number of rotatable bonds is 9. The fraction of sp³-hybridized carbons (Fsp3) is 0.154. The number of ether oxygens (including phenoxy) is 1. The molecule has 0 aromatic heterocycles. The molecule has 0 saturated carbocycles. The average Bonchev–Trinajstić information content (AvgIpc) is 2.86. The molecule has 0 aliphatic heterocycles. The van der Waals surface area contributed by atoms with E-state index in [-0.39, 0.29) is 11.3 Å². The van der Waals surface area contributed by atoms with Crippen molar-refractivity contribution in [2.45, 2.75) is 19.8 Å². The number of nitrogens with one attached hydrogen (secondary N) is 3. The summed E-state index contributed by atoms with van der Waals surface area (Å²) in [6.45, 7) is 2.76. The van der Waals surface area contributed by atoms with Crippen LogP contribution >= 0.6 is 0 Å². The lowest BCUT2D eigenvalue weighted by Crippen LogP contribution is -2.33. The van der Waals surface area contributed by atoms with Crippen LogP contribution in [0.3, 0.4) is 0 Å². The molecule has 0 unspecified atom stereocenters. The molecule has 0 radical (unpaired) electrons. The molecular formula is C26H26N4O4. The quantitative estimate of drug-likeness (QED) is 0.193. The monoisotopic (exact) mass is 458 g/mol. The van der Waals surface area contributed by atoms with Gasteiger partial charge in [-0.15, -0.1) is 0 Å². The van der Waals surface area contributed by atoms with Crippen molar-refractivity contribution in [3.05, 3.63) is 90.0 Å². The van der Waals surface area contributed by atoms with Crippen molar-refractivity contribution in [2.75, 3.05) is 17.2 Å². The molecule has 0 spiro atoms. The molecule has 3 aromatic rings. The Hall–Kier alpha value is -4.46. The minimum Gasteiger partial charge on any atom is -0.494 e. The Bertz CT molecular complexity index is 1140. The van der Waals surface area contributed by atoms with Crippen LogP contribution in [0.1, 0.15) is 35.7 Å². The summed E-state index contributed by atoms with van der Waals surface area (Å²) in [4.78, 5) is 37.1. The molecule has 0 aliphatic rings. The highest BCUT2D eigenvalue weighted by Gasteiger charge is 2.17. The third-order valence-electron chi connectivity index (χ3n) is 4.68. The van der Waals surface area contributed by atoms with Crippen molar-refractivity contribution in [1.82, 2.24) is 5.43 Å². The first kappa shape index (κ1) is 24.2. The first-order chi connectivity index (χ1) is 16.6. The van der Waals surface area contributed by atoms with E-state index in [2.05, 4.69) is 28.1 Å². The first-order valence-corrected chi connectivity index (χ1v) is 10.9. The van der Waals surface area contributed by atoms with Gasteiger partial charge in [0, 0.05) is 5.69 Å². The summed E-state index contributed by atoms with van der Waals surface area (Å²) in [5.74, 6) is -1.57. The Morgan fingerprint density at radius 2 is 1.56 bits per heavy atom. The lowest BCUT2D eigenvalue weighted by Gasteiger charge is -2.11. The summed E-state index contributed by atoms with van der Waals surface area (Å²) in [6.07, 6.45) is 3.46. The van der Waals surface area contributed by atoms with E-state index in [1.54, 1.807) is 60.7 Å². The minimum atomic E-state index is -0.964. The molecule has 0 atom stereocenters. The number of carbonyl (C=O) groups excluding carboxylic acids is 3. The second-order valence-electron chi connectivity index (χ2n) is 7.29. The van der Waals surface area contributed by atoms with Crippen molar-refractivity contribution in [1.29, 1.82) is 0 Å². The van der Waals surface area contributed by atoms with E-state index < -0.39 is 17.7 Å². The Morgan fingerprint density at radius 3 is 2.29 bits per heavy atom. The second kappa shape index (κ2) is 12.5. The van der Waals surface area contributed by atoms with E-state index in [1.807, 2.05) is 18.2 Å². The summed E-state index contributed by atoms with van der Waals surface area (Å²) in [7, 11) is 0. The number of benzene rings is 3. The zero-order chi connectivity index (χ0) is 24.2. The molecule has 0 aliphatic carbocycles. The van der Waals surface area contributed by atoms with Crippen LogP contribution in [-0.4, -0.2) is 30.5 Å². The lowest BCUT2D eigenvalue weighted by atomic mass is 10.1. The van der Waals surface area contributed by atoms with E-state index in [9.17, 15) is 14.4 Å². The number of para-hydroxylation sites is 2. The summed E-state index contributed by atoms with van der Waals surface area (Å²) >= 11 is 0. The van der Waals surface area contributed by atoms with Crippen molar-refractivity contribution in [3.8, 4) is 5.75 Å². The fourth-order valence-electron chi connectivity index (χ4n) is 2.89. The second-order valence-corrected chi connectivity index (χ2v) is 7.29. The van der Waals surface area contributed by atoms with Gasteiger partial charge in [-0.25, -0.2) is 5.43 Å². The molecule has 8 nitrogen and oxygen atoms in total. The van der Waals surface area contributed by atoms with Crippen molar-refractivity contribution in [2.24, 2.45) is 5.10 Å². The predicted octanol–water partition coefficient (Wildman–Crippen LogP) is 4.21. The molecule has 0 saturated heterocycles. The van der Waals surface area contributed by atoms with Gasteiger partial charge in [0.1, 0.15) is 5.75 Å². The molecule has 8 heteroatoms. The largest absolute Gasteiger partial charge is 0.494 e. The summed E-state index contributed by atoms with van der Waals surface area (Å²) in [5, 5.41) is 9.02. The smallest absolute Gasteiger partial charge is 0.329 e. The highest BCUT2D eigenvalue weighted by molar-refractivity contribution is 6.40. The maximum absolute atomic E-state index is 12.6. The molecule has 3 rings (SSSR count). The number of amides is 3. The fourth-order valence-corrected chi connectivity index (χ4v) is 2.89. The molecular weight excluding hydrogens is 432 g/mol. The summed E-state index contributed by atoms with van der Waals surface area (Å²) in [6, 6.07) is 22.5. The van der Waals surface area contributed by atoms with Gasteiger partial charge in [-0.3, -0.25) is 14.4 Å². The van der Waals surface area contributed by atoms with Crippen LogP contribution in [0.25, 0.3) is 0 Å². The Morgan fingerprint density at radius 1 is 0.853 bits per heavy atom. The van der Waals surface area contributed by atoms with Gasteiger partial charge in [-0.2, -0.15) is 5.10 Å². The Balaban J connectivity index is 1.54. The van der Waals surface area contributed by atoms with Crippen LogP contribution in [0, 0.1) is 0 Å². The number of anilines is 2. The van der Waals surface area contributed by atoms with Gasteiger partial charge in [-0.1, -0.05) is 43.7 Å². The Kier molecular flexibility index (Phi) is 8.92. The Labute approximate surface area is 198 Å². The van der Waals surface area contributed by atoms with Crippen LogP contribution in [0.2, 0.25) is 0 Å². The van der Waals surface area contributed by atoms with Gasteiger partial charge in [-0.05, 0) is 60.5 Å². The zero-order valence-corrected chi connectivity index (χ0v) is 18.8. The van der Waals surface area contributed by atoms with E-state index in [0.29, 0.717) is 12.3 Å². The van der Waals surface area contributed by atoms with Crippen molar-refractivity contribution >= 4 is 35.3 Å². The van der Waals surface area contributed by atoms with E-state index in [4.69, 9.17) is 4.74 Å². The predicted molar refractivity (Wildman–Crippen MR) is 132 cm³/mol. The highest BCUT2D eigenvalue weighted by atomic mass is 16.5. The maximum Gasteiger partial charge on any atom is 0.329 e. The van der Waals surface area contributed by atoms with Crippen LogP contribution in [0.15, 0.2) is 84.0 Å². The molecule has 0 bridgehead atoms. The SMILES string of the molecule is CCCCOc1ccc(/C=N\NC(=O)C(=O)Nc2ccccc2C(=O)Nc2ccccc2)cc1. The summed E-state index contributed by atoms with van der Waals surface area (Å²) in [5.41, 5.74) is 3.95. The molecule has 174 valence electrons. The van der Waals surface area contributed by atoms with Crippen molar-refractivity contribution in [3.63, 3.8) is 0 Å². The van der Waals surface area contributed by atoms with Crippen LogP contribution < -0.4 is 20.8 Å². The topological polar surface area (TPSA) is 109 Å². The zero-order valence-electron chi connectivity index (χ0n) is 18.8. The van der Waals surface area contributed by atoms with E-state index >= 15 is 0 Å².